The molecule has 0 unspecified atom stereocenters. The fourth-order valence-electron chi connectivity index (χ4n) is 3.11. The van der Waals surface area contributed by atoms with Gasteiger partial charge in [0.25, 0.3) is 5.91 Å². The van der Waals surface area contributed by atoms with Gasteiger partial charge in [-0.3, -0.25) is 4.79 Å². The quantitative estimate of drug-likeness (QED) is 0.529. The van der Waals surface area contributed by atoms with Crippen LogP contribution in [-0.4, -0.2) is 36.7 Å². The molecule has 1 heterocycles. The average Bonchev–Trinajstić information content (AvgIpc) is 3.02. The third-order valence-electron chi connectivity index (χ3n) is 5.06. The van der Waals surface area contributed by atoms with E-state index in [0.717, 1.165) is 28.1 Å². The highest BCUT2D eigenvalue weighted by atomic mass is 32.2. The first-order valence-corrected chi connectivity index (χ1v) is 13.6. The average molecular weight is 463 g/mol. The van der Waals surface area contributed by atoms with E-state index in [-0.39, 0.29) is 23.0 Å². The number of nitrogens with zero attached hydrogens (tertiary/aromatic N) is 2. The Labute approximate surface area is 185 Å². The number of carbonyl (C=O) groups is 1. The highest BCUT2D eigenvalue weighted by Gasteiger charge is 2.13. The Kier molecular flexibility index (Phi) is 7.21. The molecule has 0 radical (unpaired) electrons. The van der Waals surface area contributed by atoms with Gasteiger partial charge in [0.05, 0.1) is 27.3 Å². The molecule has 160 valence electrons. The number of hydrogen-bond donors (Lipinski definition) is 0. The van der Waals surface area contributed by atoms with Crippen LogP contribution >= 0.6 is 23.1 Å². The van der Waals surface area contributed by atoms with Crippen LogP contribution in [0.2, 0.25) is 0 Å². The fourth-order valence-corrected chi connectivity index (χ4v) is 5.51. The Morgan fingerprint density at radius 3 is 2.43 bits per heavy atom. The van der Waals surface area contributed by atoms with E-state index in [9.17, 15) is 13.2 Å². The first kappa shape index (κ1) is 22.8. The van der Waals surface area contributed by atoms with Crippen molar-refractivity contribution in [1.29, 1.82) is 0 Å². The molecular weight excluding hydrogens is 436 g/mol. The lowest BCUT2D eigenvalue weighted by Gasteiger charge is -2.06. The maximum Gasteiger partial charge on any atom is 0.252 e. The molecule has 0 aliphatic heterocycles. The first-order chi connectivity index (χ1) is 14.2. The van der Waals surface area contributed by atoms with Gasteiger partial charge in [0.1, 0.15) is 0 Å². The zero-order valence-electron chi connectivity index (χ0n) is 17.6. The zero-order valence-corrected chi connectivity index (χ0v) is 20.1. The number of sulfone groups is 1. The second kappa shape index (κ2) is 9.49. The highest BCUT2D eigenvalue weighted by molar-refractivity contribution is 7.98. The van der Waals surface area contributed by atoms with Gasteiger partial charge in [0.2, 0.25) is 0 Å². The molecule has 3 rings (SSSR count). The van der Waals surface area contributed by atoms with Gasteiger partial charge in [-0.1, -0.05) is 30.4 Å². The van der Waals surface area contributed by atoms with Crippen molar-refractivity contribution >= 4 is 49.1 Å². The number of carbonyl (C=O) groups excluding carboxylic acids is 1. The summed E-state index contributed by atoms with van der Waals surface area (Å²) >= 11 is 3.29. The van der Waals surface area contributed by atoms with Crippen LogP contribution < -0.4 is 4.80 Å². The van der Waals surface area contributed by atoms with Crippen molar-refractivity contribution in [2.24, 2.45) is 4.99 Å². The molecule has 0 aliphatic rings. The van der Waals surface area contributed by atoms with Crippen LogP contribution in [0.15, 0.2) is 46.3 Å². The van der Waals surface area contributed by atoms with E-state index in [2.05, 4.69) is 41.8 Å². The van der Waals surface area contributed by atoms with Gasteiger partial charge in [0, 0.05) is 12.3 Å². The second-order valence-corrected chi connectivity index (χ2v) is 11.4. The van der Waals surface area contributed by atoms with Crippen molar-refractivity contribution in [3.8, 4) is 0 Å². The van der Waals surface area contributed by atoms with Gasteiger partial charge in [0.15, 0.2) is 14.6 Å². The van der Waals surface area contributed by atoms with Gasteiger partial charge in [-0.25, -0.2) is 8.42 Å². The number of fused-ring (bicyclic) bond motifs is 1. The smallest absolute Gasteiger partial charge is 0.252 e. The predicted molar refractivity (Wildman–Crippen MR) is 126 cm³/mol. The zero-order chi connectivity index (χ0) is 21.9. The SMILES string of the molecule is CCS(=O)(=O)c1ccc(CC(=O)N=c2sc3cc(C)c(C)cc3n2CCSC)cc1. The third kappa shape index (κ3) is 5.04. The van der Waals surface area contributed by atoms with Crippen LogP contribution in [0, 0.1) is 13.8 Å². The topological polar surface area (TPSA) is 68.5 Å². The van der Waals surface area contributed by atoms with Crippen molar-refractivity contribution in [3.05, 3.63) is 57.9 Å². The van der Waals surface area contributed by atoms with Crippen LogP contribution in [-0.2, 0) is 27.6 Å². The molecule has 0 fully saturated rings. The van der Waals surface area contributed by atoms with Gasteiger partial charge in [-0.15, -0.1) is 0 Å². The molecule has 0 saturated carbocycles. The number of rotatable bonds is 7. The fraction of sp³-hybridized carbons (Fsp3) is 0.364. The summed E-state index contributed by atoms with van der Waals surface area (Å²) in [5, 5.41) is 0. The minimum atomic E-state index is -3.24. The van der Waals surface area contributed by atoms with Crippen LogP contribution in [0.25, 0.3) is 10.2 Å². The highest BCUT2D eigenvalue weighted by Crippen LogP contribution is 2.22. The van der Waals surface area contributed by atoms with E-state index >= 15 is 0 Å². The number of thioether (sulfide) groups is 1. The molecule has 0 bridgehead atoms. The van der Waals surface area contributed by atoms with Crippen molar-refractivity contribution in [3.63, 3.8) is 0 Å². The minimum Gasteiger partial charge on any atom is -0.316 e. The van der Waals surface area contributed by atoms with Crippen LogP contribution in [0.4, 0.5) is 0 Å². The van der Waals surface area contributed by atoms with Gasteiger partial charge >= 0.3 is 0 Å². The first-order valence-electron chi connectivity index (χ1n) is 9.74. The van der Waals surface area contributed by atoms with E-state index in [1.54, 1.807) is 43.0 Å². The van der Waals surface area contributed by atoms with Crippen LogP contribution in [0.5, 0.6) is 0 Å². The molecule has 0 N–H and O–H groups in total. The number of aromatic nitrogens is 1. The molecule has 2 aromatic carbocycles. The normalized spacial score (nSPS) is 12.6. The monoisotopic (exact) mass is 462 g/mol. The largest absolute Gasteiger partial charge is 0.316 e. The molecule has 3 aromatic rings. The summed E-state index contributed by atoms with van der Waals surface area (Å²) in [5.74, 6) is 0.758. The third-order valence-corrected chi connectivity index (χ3v) is 8.44. The summed E-state index contributed by atoms with van der Waals surface area (Å²) < 4.78 is 27.1. The molecule has 1 aromatic heterocycles. The lowest BCUT2D eigenvalue weighted by molar-refractivity contribution is -0.117. The summed E-state index contributed by atoms with van der Waals surface area (Å²) in [7, 11) is -3.24. The molecule has 0 aliphatic carbocycles. The maximum atomic E-state index is 12.7. The Hall–Kier alpha value is -1.90. The van der Waals surface area contributed by atoms with Crippen LogP contribution in [0.1, 0.15) is 23.6 Å². The van der Waals surface area contributed by atoms with E-state index in [1.165, 1.54) is 22.5 Å². The number of thiazole rings is 1. The Balaban J connectivity index is 1.92. The standard InChI is InChI=1S/C22H26N2O3S3/c1-5-30(26,27)18-8-6-17(7-9-18)14-21(25)23-22-24(10-11-28-4)19-12-15(2)16(3)13-20(19)29-22/h6-9,12-13H,5,10-11,14H2,1-4H3. The van der Waals surface area contributed by atoms with Crippen molar-refractivity contribution in [2.45, 2.75) is 38.6 Å². The number of hydrogen-bond acceptors (Lipinski definition) is 5. The van der Waals surface area contributed by atoms with Gasteiger partial charge in [-0.05, 0) is 61.1 Å². The Morgan fingerprint density at radius 2 is 1.80 bits per heavy atom. The molecule has 1 amide bonds. The predicted octanol–water partition coefficient (Wildman–Crippen LogP) is 4.15. The number of benzene rings is 2. The van der Waals surface area contributed by atoms with Gasteiger partial charge < -0.3 is 4.57 Å². The van der Waals surface area contributed by atoms with Crippen molar-refractivity contribution in [1.82, 2.24) is 4.57 Å². The molecule has 30 heavy (non-hydrogen) atoms. The van der Waals surface area contributed by atoms with Crippen LogP contribution in [0.3, 0.4) is 0 Å². The summed E-state index contributed by atoms with van der Waals surface area (Å²) in [5.41, 5.74) is 4.30. The van der Waals surface area contributed by atoms with Gasteiger partial charge in [-0.2, -0.15) is 16.8 Å². The summed E-state index contributed by atoms with van der Waals surface area (Å²) in [6.07, 6.45) is 2.20. The second-order valence-electron chi connectivity index (χ2n) is 7.16. The van der Waals surface area contributed by atoms with Crippen molar-refractivity contribution < 1.29 is 13.2 Å². The molecule has 0 atom stereocenters. The van der Waals surface area contributed by atoms with E-state index < -0.39 is 9.84 Å². The molecular formula is C22H26N2O3S3. The molecule has 0 saturated heterocycles. The van der Waals surface area contributed by atoms with E-state index in [1.807, 2.05) is 0 Å². The molecule has 0 spiro atoms. The summed E-state index contributed by atoms with van der Waals surface area (Å²) in [4.78, 5) is 18.1. The minimum absolute atomic E-state index is 0.0571. The van der Waals surface area contributed by atoms with E-state index in [4.69, 9.17) is 0 Å². The Morgan fingerprint density at radius 1 is 1.13 bits per heavy atom. The van der Waals surface area contributed by atoms with Crippen molar-refractivity contribution in [2.75, 3.05) is 17.8 Å². The molecule has 8 heteroatoms. The number of amides is 1. The summed E-state index contributed by atoms with van der Waals surface area (Å²) in [6, 6.07) is 10.8. The lowest BCUT2D eigenvalue weighted by Crippen LogP contribution is -2.18. The number of aryl methyl sites for hydroxylation is 3. The summed E-state index contributed by atoms with van der Waals surface area (Å²) in [6.45, 7) is 6.59. The lowest BCUT2D eigenvalue weighted by atomic mass is 10.1. The molecule has 5 nitrogen and oxygen atoms in total. The van der Waals surface area contributed by atoms with E-state index in [0.29, 0.717) is 4.80 Å². The maximum absolute atomic E-state index is 12.7. The Bertz CT molecular complexity index is 1240.